The lowest BCUT2D eigenvalue weighted by Crippen LogP contribution is -2.38. The van der Waals surface area contributed by atoms with Gasteiger partial charge in [-0.15, -0.1) is 11.8 Å². The maximum absolute atomic E-state index is 13.6. The largest absolute Gasteiger partial charge is 0.495 e. The van der Waals surface area contributed by atoms with Gasteiger partial charge in [-0.1, -0.05) is 19.1 Å². The Kier molecular flexibility index (Phi) is 7.23. The number of ether oxygens (including phenoxy) is 1. The lowest BCUT2D eigenvalue weighted by molar-refractivity contribution is -0.116. The molecule has 0 aliphatic rings. The molecule has 0 heterocycles. The quantitative estimate of drug-likeness (QED) is 0.674. The third-order valence-electron chi connectivity index (χ3n) is 3.80. The number of thioether (sulfide) groups is 1. The van der Waals surface area contributed by atoms with Gasteiger partial charge in [0.05, 0.1) is 19.3 Å². The van der Waals surface area contributed by atoms with Crippen LogP contribution in [0.4, 0.5) is 10.1 Å². The summed E-state index contributed by atoms with van der Waals surface area (Å²) >= 11 is 1.47. The Hall–Kier alpha value is -2.10. The molecule has 1 N–H and O–H groups in total. The Labute approximate surface area is 162 Å². The molecule has 0 saturated carbocycles. The van der Waals surface area contributed by atoms with Crippen LogP contribution < -0.4 is 10.1 Å². The minimum absolute atomic E-state index is 0.0167. The van der Waals surface area contributed by atoms with Crippen LogP contribution in [0.1, 0.15) is 6.92 Å². The SMILES string of the molecule is CCN(CC(=O)Nc1ccccc1SC)S(=O)(=O)c1cc(F)ccc1OC. The van der Waals surface area contributed by atoms with Crippen LogP contribution in [0.3, 0.4) is 0 Å². The maximum atomic E-state index is 13.6. The molecular weight excluding hydrogens is 391 g/mol. The van der Waals surface area contributed by atoms with Crippen molar-refractivity contribution in [3.05, 3.63) is 48.3 Å². The molecule has 0 saturated heterocycles. The zero-order valence-corrected chi connectivity index (χ0v) is 16.9. The number of hydrogen-bond donors (Lipinski definition) is 1. The normalized spacial score (nSPS) is 11.4. The summed E-state index contributed by atoms with van der Waals surface area (Å²) in [5.41, 5.74) is 0.604. The van der Waals surface area contributed by atoms with Gasteiger partial charge in [0.25, 0.3) is 0 Å². The first-order chi connectivity index (χ1) is 12.8. The van der Waals surface area contributed by atoms with Crippen LogP contribution >= 0.6 is 11.8 Å². The number of nitrogens with zero attached hydrogens (tertiary/aromatic N) is 1. The van der Waals surface area contributed by atoms with Crippen molar-refractivity contribution in [3.8, 4) is 5.75 Å². The van der Waals surface area contributed by atoms with Gasteiger partial charge in [0.2, 0.25) is 15.9 Å². The van der Waals surface area contributed by atoms with E-state index in [9.17, 15) is 17.6 Å². The molecule has 0 spiro atoms. The van der Waals surface area contributed by atoms with Crippen LogP contribution in [0.25, 0.3) is 0 Å². The number of nitrogens with one attached hydrogen (secondary N) is 1. The highest BCUT2D eigenvalue weighted by Crippen LogP contribution is 2.28. The zero-order valence-electron chi connectivity index (χ0n) is 15.2. The lowest BCUT2D eigenvalue weighted by Gasteiger charge is -2.21. The summed E-state index contributed by atoms with van der Waals surface area (Å²) in [5.74, 6) is -1.18. The van der Waals surface area contributed by atoms with Gasteiger partial charge in [0.1, 0.15) is 16.5 Å². The standard InChI is InChI=1S/C18H21FN2O4S2/c1-4-21(12-18(22)20-14-7-5-6-8-16(14)26-3)27(23,24)17-11-13(19)9-10-15(17)25-2/h5-11H,4,12H2,1-3H3,(H,20,22). The van der Waals surface area contributed by atoms with Gasteiger partial charge in [-0.3, -0.25) is 4.79 Å². The predicted octanol–water partition coefficient (Wildman–Crippen LogP) is 3.21. The van der Waals surface area contributed by atoms with Crippen LogP contribution in [0.2, 0.25) is 0 Å². The number of carbonyl (C=O) groups is 1. The molecule has 146 valence electrons. The molecule has 6 nitrogen and oxygen atoms in total. The average molecular weight is 413 g/mol. The first-order valence-electron chi connectivity index (χ1n) is 8.10. The lowest BCUT2D eigenvalue weighted by atomic mass is 10.3. The molecule has 9 heteroatoms. The highest BCUT2D eigenvalue weighted by molar-refractivity contribution is 7.98. The van der Waals surface area contributed by atoms with E-state index < -0.39 is 28.3 Å². The molecule has 2 rings (SSSR count). The van der Waals surface area contributed by atoms with E-state index in [1.165, 1.54) is 24.9 Å². The number of amides is 1. The summed E-state index contributed by atoms with van der Waals surface area (Å²) in [5, 5.41) is 2.72. The van der Waals surface area contributed by atoms with E-state index in [2.05, 4.69) is 5.32 Å². The van der Waals surface area contributed by atoms with Gasteiger partial charge < -0.3 is 10.1 Å². The van der Waals surface area contributed by atoms with E-state index >= 15 is 0 Å². The van der Waals surface area contributed by atoms with E-state index in [0.717, 1.165) is 21.3 Å². The predicted molar refractivity (Wildman–Crippen MR) is 104 cm³/mol. The first-order valence-corrected chi connectivity index (χ1v) is 10.8. The Morgan fingerprint density at radius 3 is 2.59 bits per heavy atom. The monoisotopic (exact) mass is 412 g/mol. The Morgan fingerprint density at radius 2 is 1.96 bits per heavy atom. The number of likely N-dealkylation sites (N-methyl/N-ethyl adjacent to an activating group) is 1. The molecular formula is C18H21FN2O4S2. The number of rotatable bonds is 8. The molecule has 2 aromatic carbocycles. The molecule has 0 aliphatic carbocycles. The van der Waals surface area contributed by atoms with Gasteiger partial charge in [-0.25, -0.2) is 12.8 Å². The number of hydrogen-bond acceptors (Lipinski definition) is 5. The molecule has 1 amide bonds. The number of sulfonamides is 1. The van der Waals surface area contributed by atoms with Gasteiger partial charge in [-0.05, 0) is 36.6 Å². The Balaban J connectivity index is 2.25. The molecule has 0 aliphatic heterocycles. The third kappa shape index (κ3) is 5.00. The fraction of sp³-hybridized carbons (Fsp3) is 0.278. The number of halogens is 1. The van der Waals surface area contributed by atoms with Crippen molar-refractivity contribution in [2.24, 2.45) is 0 Å². The van der Waals surface area contributed by atoms with E-state index in [-0.39, 0.29) is 17.2 Å². The van der Waals surface area contributed by atoms with Gasteiger partial charge >= 0.3 is 0 Å². The smallest absolute Gasteiger partial charge is 0.247 e. The number of anilines is 1. The summed E-state index contributed by atoms with van der Waals surface area (Å²) in [7, 11) is -2.82. The van der Waals surface area contributed by atoms with Crippen molar-refractivity contribution >= 4 is 33.4 Å². The average Bonchev–Trinajstić information content (AvgIpc) is 2.66. The number of benzene rings is 2. The van der Waals surface area contributed by atoms with Gasteiger partial charge in [0.15, 0.2) is 0 Å². The molecule has 0 atom stereocenters. The fourth-order valence-corrected chi connectivity index (χ4v) is 4.58. The van der Waals surface area contributed by atoms with E-state index in [1.54, 1.807) is 19.1 Å². The van der Waals surface area contributed by atoms with Crippen LogP contribution in [-0.4, -0.2) is 45.1 Å². The highest BCUT2D eigenvalue weighted by atomic mass is 32.2. The molecule has 0 radical (unpaired) electrons. The molecule has 27 heavy (non-hydrogen) atoms. The molecule has 0 aromatic heterocycles. The summed E-state index contributed by atoms with van der Waals surface area (Å²) in [6.07, 6.45) is 1.88. The molecule has 0 unspecified atom stereocenters. The zero-order chi connectivity index (χ0) is 20.0. The number of para-hydroxylation sites is 1. The maximum Gasteiger partial charge on any atom is 0.247 e. The second-order valence-corrected chi connectivity index (χ2v) is 8.23. The van der Waals surface area contributed by atoms with Crippen molar-refractivity contribution < 1.29 is 22.3 Å². The van der Waals surface area contributed by atoms with E-state index in [0.29, 0.717) is 5.69 Å². The van der Waals surface area contributed by atoms with E-state index in [4.69, 9.17) is 4.74 Å². The Morgan fingerprint density at radius 1 is 1.26 bits per heavy atom. The molecule has 2 aromatic rings. The van der Waals surface area contributed by atoms with Crippen molar-refractivity contribution in [2.45, 2.75) is 16.7 Å². The first kappa shape index (κ1) is 21.2. The Bertz CT molecular complexity index is 919. The van der Waals surface area contributed by atoms with Crippen molar-refractivity contribution in [1.29, 1.82) is 0 Å². The van der Waals surface area contributed by atoms with Crippen LogP contribution in [0.15, 0.2) is 52.3 Å². The minimum atomic E-state index is -4.12. The second kappa shape index (κ2) is 9.20. The summed E-state index contributed by atoms with van der Waals surface area (Å²) < 4.78 is 45.4. The third-order valence-corrected chi connectivity index (χ3v) is 6.54. The second-order valence-electron chi connectivity index (χ2n) is 5.47. The topological polar surface area (TPSA) is 75.7 Å². The minimum Gasteiger partial charge on any atom is -0.495 e. The number of carbonyl (C=O) groups excluding carboxylic acids is 1. The molecule has 0 fully saturated rings. The van der Waals surface area contributed by atoms with Crippen molar-refractivity contribution in [3.63, 3.8) is 0 Å². The van der Waals surface area contributed by atoms with Crippen LogP contribution in [0.5, 0.6) is 5.75 Å². The summed E-state index contributed by atoms with van der Waals surface area (Å²) in [4.78, 5) is 13.0. The van der Waals surface area contributed by atoms with Gasteiger partial charge in [-0.2, -0.15) is 4.31 Å². The van der Waals surface area contributed by atoms with Gasteiger partial charge in [0, 0.05) is 11.4 Å². The highest BCUT2D eigenvalue weighted by Gasteiger charge is 2.29. The van der Waals surface area contributed by atoms with Crippen molar-refractivity contribution in [2.75, 3.05) is 31.8 Å². The fourth-order valence-electron chi connectivity index (χ4n) is 2.46. The van der Waals surface area contributed by atoms with Crippen LogP contribution in [0, 0.1) is 5.82 Å². The number of methoxy groups -OCH3 is 1. The van der Waals surface area contributed by atoms with Crippen molar-refractivity contribution in [1.82, 2.24) is 4.31 Å². The van der Waals surface area contributed by atoms with E-state index in [1.807, 2.05) is 18.4 Å². The summed E-state index contributed by atoms with van der Waals surface area (Å²) in [6, 6.07) is 10.5. The summed E-state index contributed by atoms with van der Waals surface area (Å²) in [6.45, 7) is 1.24. The van der Waals surface area contributed by atoms with Crippen LogP contribution in [-0.2, 0) is 14.8 Å². The molecule has 0 bridgehead atoms.